The lowest BCUT2D eigenvalue weighted by Gasteiger charge is -2.28. The predicted molar refractivity (Wildman–Crippen MR) is 71.2 cm³/mol. The molecule has 2 atom stereocenters. The van der Waals surface area contributed by atoms with Gasteiger partial charge in [-0.15, -0.1) is 0 Å². The number of rotatable bonds is 3. The summed E-state index contributed by atoms with van der Waals surface area (Å²) in [5.41, 5.74) is 1.13. The van der Waals surface area contributed by atoms with Crippen LogP contribution >= 0.6 is 0 Å². The average Bonchev–Trinajstić information content (AvgIpc) is 2.28. The zero-order valence-corrected chi connectivity index (χ0v) is 11.2. The van der Waals surface area contributed by atoms with Gasteiger partial charge in [0, 0.05) is 17.8 Å². The zero-order chi connectivity index (χ0) is 12.3. The van der Waals surface area contributed by atoms with Gasteiger partial charge in [-0.1, -0.05) is 26.7 Å². The highest BCUT2D eigenvalue weighted by atomic mass is 15.0. The van der Waals surface area contributed by atoms with E-state index >= 15 is 0 Å². The molecule has 0 radical (unpaired) electrons. The molecule has 1 aromatic rings. The first-order valence-electron chi connectivity index (χ1n) is 6.78. The minimum atomic E-state index is 0.595. The van der Waals surface area contributed by atoms with E-state index in [0.717, 1.165) is 29.7 Å². The van der Waals surface area contributed by atoms with E-state index in [1.807, 2.05) is 6.92 Å². The molecule has 0 spiro atoms. The van der Waals surface area contributed by atoms with Gasteiger partial charge in [0.15, 0.2) is 0 Å². The van der Waals surface area contributed by atoms with Crippen molar-refractivity contribution in [3.63, 3.8) is 0 Å². The standard InChI is InChI=1S/C14H23N3/c1-4-12-9-14(16-11(3)15-12)17-13-7-5-6-10(2)8-13/h9-10,13H,4-8H2,1-3H3,(H,15,16,17). The summed E-state index contributed by atoms with van der Waals surface area (Å²) >= 11 is 0. The van der Waals surface area contributed by atoms with E-state index in [2.05, 4.69) is 35.2 Å². The monoisotopic (exact) mass is 233 g/mol. The second-order valence-corrected chi connectivity index (χ2v) is 5.26. The number of hydrogen-bond acceptors (Lipinski definition) is 3. The number of aryl methyl sites for hydroxylation is 2. The van der Waals surface area contributed by atoms with Crippen molar-refractivity contribution in [2.45, 2.75) is 58.9 Å². The predicted octanol–water partition coefficient (Wildman–Crippen LogP) is 3.34. The average molecular weight is 233 g/mol. The van der Waals surface area contributed by atoms with Crippen LogP contribution in [-0.4, -0.2) is 16.0 Å². The van der Waals surface area contributed by atoms with Crippen LogP contribution in [0.5, 0.6) is 0 Å². The van der Waals surface area contributed by atoms with Crippen LogP contribution < -0.4 is 5.32 Å². The molecular weight excluding hydrogens is 210 g/mol. The molecule has 17 heavy (non-hydrogen) atoms. The number of nitrogens with one attached hydrogen (secondary N) is 1. The van der Waals surface area contributed by atoms with Crippen LogP contribution in [0.25, 0.3) is 0 Å². The van der Waals surface area contributed by atoms with E-state index in [0.29, 0.717) is 6.04 Å². The first-order valence-corrected chi connectivity index (χ1v) is 6.78. The van der Waals surface area contributed by atoms with Gasteiger partial charge in [-0.2, -0.15) is 0 Å². The van der Waals surface area contributed by atoms with Gasteiger partial charge in [-0.05, 0) is 32.1 Å². The summed E-state index contributed by atoms with van der Waals surface area (Å²) in [5, 5.41) is 3.58. The van der Waals surface area contributed by atoms with Crippen molar-refractivity contribution in [3.05, 3.63) is 17.6 Å². The molecule has 2 unspecified atom stereocenters. The van der Waals surface area contributed by atoms with Gasteiger partial charge in [0.05, 0.1) is 0 Å². The second kappa shape index (κ2) is 5.48. The Bertz CT molecular complexity index is 376. The van der Waals surface area contributed by atoms with E-state index in [4.69, 9.17) is 0 Å². The minimum absolute atomic E-state index is 0.595. The van der Waals surface area contributed by atoms with Gasteiger partial charge in [0.2, 0.25) is 0 Å². The molecule has 0 amide bonds. The zero-order valence-electron chi connectivity index (χ0n) is 11.2. The molecule has 0 saturated heterocycles. The maximum absolute atomic E-state index is 4.48. The molecule has 0 aromatic carbocycles. The minimum Gasteiger partial charge on any atom is -0.367 e. The highest BCUT2D eigenvalue weighted by Gasteiger charge is 2.19. The maximum Gasteiger partial charge on any atom is 0.130 e. The topological polar surface area (TPSA) is 37.8 Å². The van der Waals surface area contributed by atoms with Gasteiger partial charge in [0.1, 0.15) is 11.6 Å². The lowest BCUT2D eigenvalue weighted by Crippen LogP contribution is -2.26. The Kier molecular flexibility index (Phi) is 3.97. The second-order valence-electron chi connectivity index (χ2n) is 5.26. The van der Waals surface area contributed by atoms with Crippen molar-refractivity contribution in [1.82, 2.24) is 9.97 Å². The Balaban J connectivity index is 2.04. The SMILES string of the molecule is CCc1cc(NC2CCCC(C)C2)nc(C)n1. The van der Waals surface area contributed by atoms with E-state index in [1.54, 1.807) is 0 Å². The van der Waals surface area contributed by atoms with Crippen molar-refractivity contribution in [2.24, 2.45) is 5.92 Å². The number of aromatic nitrogens is 2. The first kappa shape index (κ1) is 12.3. The first-order chi connectivity index (χ1) is 8.17. The molecule has 2 rings (SSSR count). The van der Waals surface area contributed by atoms with Crippen LogP contribution in [-0.2, 0) is 6.42 Å². The molecule has 1 aliphatic carbocycles. The smallest absolute Gasteiger partial charge is 0.130 e. The van der Waals surface area contributed by atoms with Crippen LogP contribution in [0.1, 0.15) is 51.0 Å². The van der Waals surface area contributed by atoms with Crippen molar-refractivity contribution >= 4 is 5.82 Å². The molecule has 1 fully saturated rings. The quantitative estimate of drug-likeness (QED) is 0.870. The molecule has 0 bridgehead atoms. The van der Waals surface area contributed by atoms with E-state index in [1.165, 1.54) is 25.7 Å². The number of anilines is 1. The Labute approximate surface area is 104 Å². The third-order valence-corrected chi connectivity index (χ3v) is 3.54. The number of hydrogen-bond donors (Lipinski definition) is 1. The molecule has 1 N–H and O–H groups in total. The molecule has 0 aliphatic heterocycles. The summed E-state index contributed by atoms with van der Waals surface area (Å²) in [4.78, 5) is 8.89. The summed E-state index contributed by atoms with van der Waals surface area (Å²) in [6.45, 7) is 6.44. The third-order valence-electron chi connectivity index (χ3n) is 3.54. The lowest BCUT2D eigenvalue weighted by atomic mass is 9.87. The molecule has 1 aromatic heterocycles. The molecule has 1 aliphatic rings. The normalized spacial score (nSPS) is 24.6. The highest BCUT2D eigenvalue weighted by Crippen LogP contribution is 2.25. The van der Waals surface area contributed by atoms with Crippen molar-refractivity contribution in [2.75, 3.05) is 5.32 Å². The maximum atomic E-state index is 4.48. The molecule has 3 heteroatoms. The van der Waals surface area contributed by atoms with Crippen molar-refractivity contribution in [3.8, 4) is 0 Å². The van der Waals surface area contributed by atoms with Crippen LogP contribution in [0.3, 0.4) is 0 Å². The van der Waals surface area contributed by atoms with Gasteiger partial charge >= 0.3 is 0 Å². The fourth-order valence-corrected chi connectivity index (χ4v) is 2.66. The molecule has 1 heterocycles. The number of nitrogens with zero attached hydrogens (tertiary/aromatic N) is 2. The molecule has 1 saturated carbocycles. The van der Waals surface area contributed by atoms with Gasteiger partial charge in [-0.3, -0.25) is 0 Å². The lowest BCUT2D eigenvalue weighted by molar-refractivity contribution is 0.358. The Morgan fingerprint density at radius 1 is 1.35 bits per heavy atom. The summed E-state index contributed by atoms with van der Waals surface area (Å²) in [6.07, 6.45) is 6.23. The van der Waals surface area contributed by atoms with Crippen LogP contribution in [0.2, 0.25) is 0 Å². The fraction of sp³-hybridized carbons (Fsp3) is 0.714. The van der Waals surface area contributed by atoms with E-state index in [9.17, 15) is 0 Å². The summed E-state index contributed by atoms with van der Waals surface area (Å²) in [5.74, 6) is 2.72. The van der Waals surface area contributed by atoms with Gasteiger partial charge in [-0.25, -0.2) is 9.97 Å². The van der Waals surface area contributed by atoms with E-state index in [-0.39, 0.29) is 0 Å². The molecule has 3 nitrogen and oxygen atoms in total. The summed E-state index contributed by atoms with van der Waals surface area (Å²) < 4.78 is 0. The summed E-state index contributed by atoms with van der Waals surface area (Å²) in [6, 6.07) is 2.68. The molecule has 94 valence electrons. The highest BCUT2D eigenvalue weighted by molar-refractivity contribution is 5.37. The third kappa shape index (κ3) is 3.42. The largest absolute Gasteiger partial charge is 0.367 e. The van der Waals surface area contributed by atoms with E-state index < -0.39 is 0 Å². The Hall–Kier alpha value is -1.12. The fourth-order valence-electron chi connectivity index (χ4n) is 2.66. The Morgan fingerprint density at radius 2 is 2.18 bits per heavy atom. The van der Waals surface area contributed by atoms with Crippen LogP contribution in [0, 0.1) is 12.8 Å². The molecular formula is C14H23N3. The Morgan fingerprint density at radius 3 is 2.88 bits per heavy atom. The van der Waals surface area contributed by atoms with Gasteiger partial charge in [0.25, 0.3) is 0 Å². The van der Waals surface area contributed by atoms with Crippen molar-refractivity contribution in [1.29, 1.82) is 0 Å². The van der Waals surface area contributed by atoms with Crippen molar-refractivity contribution < 1.29 is 0 Å². The van der Waals surface area contributed by atoms with Crippen LogP contribution in [0.4, 0.5) is 5.82 Å². The van der Waals surface area contributed by atoms with Gasteiger partial charge < -0.3 is 5.32 Å². The summed E-state index contributed by atoms with van der Waals surface area (Å²) in [7, 11) is 0. The van der Waals surface area contributed by atoms with Crippen LogP contribution in [0.15, 0.2) is 6.07 Å².